The molecule has 1 N–H and O–H groups in total. The van der Waals surface area contributed by atoms with Crippen LogP contribution in [0.1, 0.15) is 31.7 Å². The maximum Gasteiger partial charge on any atom is 0.303 e. The number of esters is 1. The standard InChI is InChI=1S/C16H22ClN3O3/c1-12(21)23-13(10-20-8-3-2-4-9-20)11-22-16-14(15(17)18)6-5-7-19-16/h5-7,13,18H,2-4,8-11H2,1H3. The van der Waals surface area contributed by atoms with Gasteiger partial charge in [0, 0.05) is 19.7 Å². The highest BCUT2D eigenvalue weighted by Crippen LogP contribution is 2.17. The Balaban J connectivity index is 1.97. The number of aromatic nitrogens is 1. The predicted octanol–water partition coefficient (Wildman–Crippen LogP) is 2.44. The van der Waals surface area contributed by atoms with Gasteiger partial charge in [-0.1, -0.05) is 18.0 Å². The smallest absolute Gasteiger partial charge is 0.303 e. The Kier molecular flexibility index (Phi) is 6.80. The van der Waals surface area contributed by atoms with Crippen molar-refractivity contribution < 1.29 is 14.3 Å². The average Bonchev–Trinajstić information content (AvgIpc) is 2.53. The fraction of sp³-hybridized carbons (Fsp3) is 0.562. The van der Waals surface area contributed by atoms with Crippen LogP contribution in [0, 0.1) is 5.41 Å². The minimum Gasteiger partial charge on any atom is -0.473 e. The van der Waals surface area contributed by atoms with Crippen LogP contribution in [0.15, 0.2) is 18.3 Å². The van der Waals surface area contributed by atoms with Gasteiger partial charge in [0.15, 0.2) is 0 Å². The van der Waals surface area contributed by atoms with Gasteiger partial charge in [-0.2, -0.15) is 0 Å². The second-order valence-corrected chi connectivity index (χ2v) is 5.95. The van der Waals surface area contributed by atoms with Crippen LogP contribution in [-0.4, -0.2) is 53.4 Å². The number of piperidine rings is 1. The number of ether oxygens (including phenoxy) is 2. The summed E-state index contributed by atoms with van der Waals surface area (Å²) in [4.78, 5) is 17.7. The van der Waals surface area contributed by atoms with Crippen LogP contribution in [0.3, 0.4) is 0 Å². The van der Waals surface area contributed by atoms with E-state index < -0.39 is 0 Å². The molecule has 0 aromatic carbocycles. The SMILES string of the molecule is CC(=O)OC(COc1ncccc1C(=N)Cl)CN1CCCCC1. The lowest BCUT2D eigenvalue weighted by Crippen LogP contribution is -2.40. The van der Waals surface area contributed by atoms with Crippen LogP contribution in [0.5, 0.6) is 5.88 Å². The molecule has 1 aromatic rings. The van der Waals surface area contributed by atoms with Gasteiger partial charge in [0.25, 0.3) is 0 Å². The first-order chi connectivity index (χ1) is 11.1. The van der Waals surface area contributed by atoms with Crippen molar-refractivity contribution in [3.8, 4) is 5.88 Å². The zero-order valence-electron chi connectivity index (χ0n) is 13.3. The molecule has 0 saturated carbocycles. The summed E-state index contributed by atoms with van der Waals surface area (Å²) < 4.78 is 11.0. The molecule has 0 aliphatic carbocycles. The highest BCUT2D eigenvalue weighted by atomic mass is 35.5. The monoisotopic (exact) mass is 339 g/mol. The van der Waals surface area contributed by atoms with E-state index in [1.165, 1.54) is 26.2 Å². The third kappa shape index (κ3) is 5.80. The van der Waals surface area contributed by atoms with Gasteiger partial charge in [-0.05, 0) is 38.1 Å². The number of rotatable bonds is 7. The molecule has 2 heterocycles. The summed E-state index contributed by atoms with van der Waals surface area (Å²) in [6.07, 6.45) is 4.79. The number of nitrogens with one attached hydrogen (secondary N) is 1. The third-order valence-corrected chi connectivity index (χ3v) is 3.86. The van der Waals surface area contributed by atoms with Crippen molar-refractivity contribution in [3.63, 3.8) is 0 Å². The first-order valence-electron chi connectivity index (χ1n) is 7.78. The van der Waals surface area contributed by atoms with Crippen molar-refractivity contribution in [2.24, 2.45) is 0 Å². The van der Waals surface area contributed by atoms with E-state index in [0.717, 1.165) is 13.1 Å². The molecule has 6 nitrogen and oxygen atoms in total. The van der Waals surface area contributed by atoms with Crippen molar-refractivity contribution >= 4 is 22.7 Å². The number of hydrogen-bond acceptors (Lipinski definition) is 6. The average molecular weight is 340 g/mol. The van der Waals surface area contributed by atoms with Crippen LogP contribution in [0.2, 0.25) is 0 Å². The number of nitrogens with zero attached hydrogens (tertiary/aromatic N) is 2. The molecule has 0 spiro atoms. The molecule has 1 aliphatic heterocycles. The molecular weight excluding hydrogens is 318 g/mol. The zero-order valence-corrected chi connectivity index (χ0v) is 14.0. The molecule has 1 saturated heterocycles. The molecule has 0 radical (unpaired) electrons. The Morgan fingerprint density at radius 2 is 2.17 bits per heavy atom. The van der Waals surface area contributed by atoms with Gasteiger partial charge in [-0.15, -0.1) is 0 Å². The number of halogens is 1. The maximum atomic E-state index is 11.3. The molecule has 1 fully saturated rings. The Bertz CT molecular complexity index is 547. The number of hydrogen-bond donors (Lipinski definition) is 1. The Labute approximate surface area is 141 Å². The minimum absolute atomic E-state index is 0.131. The molecule has 0 amide bonds. The predicted molar refractivity (Wildman–Crippen MR) is 88.3 cm³/mol. The zero-order chi connectivity index (χ0) is 16.7. The topological polar surface area (TPSA) is 75.5 Å². The van der Waals surface area contributed by atoms with E-state index in [0.29, 0.717) is 12.1 Å². The van der Waals surface area contributed by atoms with E-state index in [4.69, 9.17) is 26.5 Å². The molecule has 1 unspecified atom stereocenters. The van der Waals surface area contributed by atoms with Gasteiger partial charge in [-0.3, -0.25) is 15.1 Å². The van der Waals surface area contributed by atoms with Crippen LogP contribution in [0.4, 0.5) is 0 Å². The summed E-state index contributed by atoms with van der Waals surface area (Å²) in [5, 5.41) is 7.40. The van der Waals surface area contributed by atoms with E-state index in [2.05, 4.69) is 9.88 Å². The number of carbonyl (C=O) groups is 1. The van der Waals surface area contributed by atoms with Gasteiger partial charge in [0.05, 0.1) is 5.56 Å². The van der Waals surface area contributed by atoms with Crippen LogP contribution >= 0.6 is 11.6 Å². The Hall–Kier alpha value is -1.66. The Morgan fingerprint density at radius 3 is 2.83 bits per heavy atom. The second-order valence-electron chi connectivity index (χ2n) is 5.57. The molecule has 1 aromatic heterocycles. The number of pyridine rings is 1. The Morgan fingerprint density at radius 1 is 1.43 bits per heavy atom. The van der Waals surface area contributed by atoms with Crippen molar-refractivity contribution in [1.82, 2.24) is 9.88 Å². The van der Waals surface area contributed by atoms with Gasteiger partial charge >= 0.3 is 5.97 Å². The summed E-state index contributed by atoms with van der Waals surface area (Å²) in [5.74, 6) is -0.0507. The van der Waals surface area contributed by atoms with Crippen LogP contribution in [-0.2, 0) is 9.53 Å². The normalized spacial score (nSPS) is 16.6. The number of likely N-dealkylation sites (tertiary alicyclic amines) is 1. The molecule has 1 aliphatic rings. The first kappa shape index (κ1) is 17.7. The van der Waals surface area contributed by atoms with Crippen molar-refractivity contribution in [2.45, 2.75) is 32.3 Å². The lowest BCUT2D eigenvalue weighted by Gasteiger charge is -2.30. The van der Waals surface area contributed by atoms with Gasteiger partial charge in [0.1, 0.15) is 17.9 Å². The second kappa shape index (κ2) is 8.84. The van der Waals surface area contributed by atoms with E-state index in [1.54, 1.807) is 18.3 Å². The van der Waals surface area contributed by atoms with Gasteiger partial charge < -0.3 is 9.47 Å². The fourth-order valence-corrected chi connectivity index (χ4v) is 2.78. The van der Waals surface area contributed by atoms with E-state index in [-0.39, 0.29) is 29.7 Å². The van der Waals surface area contributed by atoms with Crippen molar-refractivity contribution in [3.05, 3.63) is 23.9 Å². The van der Waals surface area contributed by atoms with Gasteiger partial charge in [-0.25, -0.2) is 4.98 Å². The summed E-state index contributed by atoms with van der Waals surface area (Å²) in [6, 6.07) is 3.36. The van der Waals surface area contributed by atoms with E-state index in [9.17, 15) is 4.79 Å². The van der Waals surface area contributed by atoms with Crippen LogP contribution in [0.25, 0.3) is 0 Å². The summed E-state index contributed by atoms with van der Waals surface area (Å²) >= 11 is 5.73. The molecular formula is C16H22ClN3O3. The van der Waals surface area contributed by atoms with E-state index >= 15 is 0 Å². The van der Waals surface area contributed by atoms with Gasteiger partial charge in [0.2, 0.25) is 5.88 Å². The summed E-state index contributed by atoms with van der Waals surface area (Å²) in [7, 11) is 0. The summed E-state index contributed by atoms with van der Waals surface area (Å²) in [5.41, 5.74) is 0.425. The molecule has 7 heteroatoms. The van der Waals surface area contributed by atoms with Crippen molar-refractivity contribution in [2.75, 3.05) is 26.2 Å². The third-order valence-electron chi connectivity index (χ3n) is 3.66. The first-order valence-corrected chi connectivity index (χ1v) is 8.16. The summed E-state index contributed by atoms with van der Waals surface area (Å²) in [6.45, 7) is 4.24. The quantitative estimate of drug-likeness (QED) is 0.610. The molecule has 2 rings (SSSR count). The largest absolute Gasteiger partial charge is 0.473 e. The fourth-order valence-electron chi connectivity index (χ4n) is 2.63. The molecule has 126 valence electrons. The van der Waals surface area contributed by atoms with Crippen LogP contribution < -0.4 is 4.74 Å². The lowest BCUT2D eigenvalue weighted by atomic mass is 10.1. The highest BCUT2D eigenvalue weighted by molar-refractivity contribution is 6.68. The molecule has 23 heavy (non-hydrogen) atoms. The lowest BCUT2D eigenvalue weighted by molar-refractivity contribution is -0.149. The number of carbonyl (C=O) groups excluding carboxylic acids is 1. The maximum absolute atomic E-state index is 11.3. The molecule has 0 bridgehead atoms. The van der Waals surface area contributed by atoms with E-state index in [1.807, 2.05) is 0 Å². The minimum atomic E-state index is -0.370. The molecule has 1 atom stereocenters. The van der Waals surface area contributed by atoms with Crippen molar-refractivity contribution in [1.29, 1.82) is 5.41 Å². The highest BCUT2D eigenvalue weighted by Gasteiger charge is 2.20.